The van der Waals surface area contributed by atoms with Gasteiger partial charge >= 0.3 is 5.69 Å². The van der Waals surface area contributed by atoms with Crippen LogP contribution >= 0.6 is 11.3 Å². The standard InChI is InChI=1S/C20H20N4O2S/c25-19(15-8-9-27-13-15)24-16-6-7-17(24)12-22-18(10-16)21-23(20(22)26)11-14-4-2-1-3-5-14/h1-5,8-9,13,16-17H,6-7,10-12H2/t16-,17+/m0/s1. The zero-order valence-electron chi connectivity index (χ0n) is 14.8. The van der Waals surface area contributed by atoms with Gasteiger partial charge in [-0.25, -0.2) is 9.48 Å². The molecule has 5 rings (SSSR count). The van der Waals surface area contributed by atoms with Crippen LogP contribution in [0.2, 0.25) is 0 Å². The van der Waals surface area contributed by atoms with Crippen LogP contribution in [-0.4, -0.2) is 37.2 Å². The Morgan fingerprint density at radius 1 is 1.15 bits per heavy atom. The maximum Gasteiger partial charge on any atom is 0.346 e. The Balaban J connectivity index is 1.44. The van der Waals surface area contributed by atoms with E-state index in [0.717, 1.165) is 29.8 Å². The largest absolute Gasteiger partial charge is 0.346 e. The molecule has 6 nitrogen and oxygen atoms in total. The number of hydrogen-bond donors (Lipinski definition) is 0. The average molecular weight is 380 g/mol. The molecule has 7 heteroatoms. The summed E-state index contributed by atoms with van der Waals surface area (Å²) in [6.45, 7) is 1.02. The van der Waals surface area contributed by atoms with Gasteiger partial charge in [-0.1, -0.05) is 30.3 Å². The Morgan fingerprint density at radius 3 is 2.74 bits per heavy atom. The molecule has 0 unspecified atom stereocenters. The Kier molecular flexibility index (Phi) is 3.97. The fraction of sp³-hybridized carbons (Fsp3) is 0.350. The lowest BCUT2D eigenvalue weighted by Crippen LogP contribution is -2.42. The number of aromatic nitrogens is 3. The molecule has 2 aromatic heterocycles. The molecular formula is C20H20N4O2S. The minimum absolute atomic E-state index is 0.0655. The minimum Gasteiger partial charge on any atom is -0.330 e. The number of nitrogens with zero attached hydrogens (tertiary/aromatic N) is 4. The fourth-order valence-corrected chi connectivity index (χ4v) is 4.94. The van der Waals surface area contributed by atoms with Gasteiger partial charge in [-0.15, -0.1) is 0 Å². The number of hydrogen-bond acceptors (Lipinski definition) is 4. The molecule has 2 aliphatic heterocycles. The van der Waals surface area contributed by atoms with Gasteiger partial charge in [0.25, 0.3) is 5.91 Å². The predicted molar refractivity (Wildman–Crippen MR) is 103 cm³/mol. The van der Waals surface area contributed by atoms with Crippen molar-refractivity contribution in [1.29, 1.82) is 0 Å². The van der Waals surface area contributed by atoms with E-state index in [1.165, 1.54) is 11.3 Å². The summed E-state index contributed by atoms with van der Waals surface area (Å²) in [5.74, 6) is 0.880. The van der Waals surface area contributed by atoms with Gasteiger partial charge in [0.05, 0.1) is 18.2 Å². The van der Waals surface area contributed by atoms with Crippen molar-refractivity contribution in [1.82, 2.24) is 19.2 Å². The van der Waals surface area contributed by atoms with Crippen molar-refractivity contribution >= 4 is 17.2 Å². The summed E-state index contributed by atoms with van der Waals surface area (Å²) in [6, 6.07) is 12.0. The molecule has 2 aliphatic rings. The Hall–Kier alpha value is -2.67. The highest BCUT2D eigenvalue weighted by molar-refractivity contribution is 7.08. The highest BCUT2D eigenvalue weighted by Gasteiger charge is 2.41. The molecular weight excluding hydrogens is 360 g/mol. The number of fused-ring (bicyclic) bond motifs is 3. The Bertz CT molecular complexity index is 1020. The quantitative estimate of drug-likeness (QED) is 0.701. The van der Waals surface area contributed by atoms with Crippen molar-refractivity contribution in [2.24, 2.45) is 0 Å². The topological polar surface area (TPSA) is 60.1 Å². The summed E-state index contributed by atoms with van der Waals surface area (Å²) in [7, 11) is 0. The van der Waals surface area contributed by atoms with E-state index in [9.17, 15) is 9.59 Å². The average Bonchev–Trinajstić information content (AvgIpc) is 3.36. The van der Waals surface area contributed by atoms with Gasteiger partial charge in [-0.3, -0.25) is 9.36 Å². The van der Waals surface area contributed by atoms with Crippen molar-refractivity contribution in [2.45, 2.75) is 44.4 Å². The van der Waals surface area contributed by atoms with Gasteiger partial charge in [-0.2, -0.15) is 16.4 Å². The first-order valence-corrected chi connectivity index (χ1v) is 10.2. The van der Waals surface area contributed by atoms with Gasteiger partial charge in [0.2, 0.25) is 0 Å². The smallest absolute Gasteiger partial charge is 0.330 e. The van der Waals surface area contributed by atoms with Crippen LogP contribution in [0.25, 0.3) is 0 Å². The van der Waals surface area contributed by atoms with E-state index in [1.54, 1.807) is 9.25 Å². The van der Waals surface area contributed by atoms with E-state index < -0.39 is 0 Å². The van der Waals surface area contributed by atoms with Crippen LogP contribution in [0.15, 0.2) is 52.0 Å². The molecule has 4 heterocycles. The number of rotatable bonds is 3. The third-order valence-corrected chi connectivity index (χ3v) is 6.29. The van der Waals surface area contributed by atoms with E-state index in [2.05, 4.69) is 5.10 Å². The first-order valence-electron chi connectivity index (χ1n) is 9.26. The summed E-state index contributed by atoms with van der Waals surface area (Å²) in [5, 5.41) is 8.44. The number of amides is 1. The SMILES string of the molecule is O=C(c1ccsc1)N1[C@@H]2CC[C@H]1Cc1nn(Cc3ccccc3)c(=O)n1C2. The van der Waals surface area contributed by atoms with E-state index in [-0.39, 0.29) is 23.7 Å². The molecule has 2 bridgehead atoms. The molecule has 138 valence electrons. The maximum atomic E-state index is 13.0. The zero-order valence-corrected chi connectivity index (χ0v) is 15.6. The normalized spacial score (nSPS) is 21.1. The third kappa shape index (κ3) is 2.82. The van der Waals surface area contributed by atoms with Crippen molar-refractivity contribution in [2.75, 3.05) is 0 Å². The van der Waals surface area contributed by atoms with Gasteiger partial charge in [-0.05, 0) is 29.9 Å². The first-order chi connectivity index (χ1) is 13.2. The van der Waals surface area contributed by atoms with Crippen molar-refractivity contribution < 1.29 is 4.79 Å². The molecule has 0 saturated carbocycles. The van der Waals surface area contributed by atoms with Gasteiger partial charge in [0.15, 0.2) is 0 Å². The highest BCUT2D eigenvalue weighted by atomic mass is 32.1. The summed E-state index contributed by atoms with van der Waals surface area (Å²) < 4.78 is 3.33. The van der Waals surface area contributed by atoms with Gasteiger partial charge in [0, 0.05) is 24.4 Å². The molecule has 27 heavy (non-hydrogen) atoms. The molecule has 3 aromatic rings. The maximum absolute atomic E-state index is 13.0. The van der Waals surface area contributed by atoms with Crippen LogP contribution in [-0.2, 0) is 19.5 Å². The number of carbonyl (C=O) groups is 1. The van der Waals surface area contributed by atoms with E-state index >= 15 is 0 Å². The monoisotopic (exact) mass is 380 g/mol. The van der Waals surface area contributed by atoms with Crippen LogP contribution in [0.4, 0.5) is 0 Å². The molecule has 1 aromatic carbocycles. The van der Waals surface area contributed by atoms with E-state index in [0.29, 0.717) is 19.5 Å². The predicted octanol–water partition coefficient (Wildman–Crippen LogP) is 2.38. The van der Waals surface area contributed by atoms with Gasteiger partial charge < -0.3 is 4.90 Å². The Labute approximate surface area is 160 Å². The van der Waals surface area contributed by atoms with E-state index in [1.807, 2.05) is 52.1 Å². The third-order valence-electron chi connectivity index (χ3n) is 5.61. The molecule has 0 N–H and O–H groups in total. The highest BCUT2D eigenvalue weighted by Crippen LogP contribution is 2.32. The lowest BCUT2D eigenvalue weighted by molar-refractivity contribution is 0.0665. The first kappa shape index (κ1) is 16.5. The van der Waals surface area contributed by atoms with Crippen LogP contribution < -0.4 is 5.69 Å². The lowest BCUT2D eigenvalue weighted by Gasteiger charge is -2.27. The minimum atomic E-state index is -0.0793. The molecule has 1 amide bonds. The molecule has 1 saturated heterocycles. The van der Waals surface area contributed by atoms with Crippen LogP contribution in [0.1, 0.15) is 34.6 Å². The molecule has 2 atom stereocenters. The lowest BCUT2D eigenvalue weighted by atomic mass is 10.1. The molecule has 0 radical (unpaired) electrons. The van der Waals surface area contributed by atoms with Crippen LogP contribution in [0.5, 0.6) is 0 Å². The second kappa shape index (κ2) is 6.49. The van der Waals surface area contributed by atoms with Crippen LogP contribution in [0, 0.1) is 0 Å². The summed E-state index contributed by atoms with van der Waals surface area (Å²) in [6.07, 6.45) is 2.56. The van der Waals surface area contributed by atoms with Gasteiger partial charge in [0.1, 0.15) is 5.82 Å². The van der Waals surface area contributed by atoms with Crippen molar-refractivity contribution in [3.8, 4) is 0 Å². The summed E-state index contributed by atoms with van der Waals surface area (Å²) in [5.41, 5.74) is 1.73. The second-order valence-electron chi connectivity index (χ2n) is 7.27. The number of carbonyl (C=O) groups excluding carboxylic acids is 1. The Morgan fingerprint density at radius 2 is 1.96 bits per heavy atom. The number of thiophene rings is 1. The number of benzene rings is 1. The zero-order chi connectivity index (χ0) is 18.4. The summed E-state index contributed by atoms with van der Waals surface area (Å²) in [4.78, 5) is 27.9. The summed E-state index contributed by atoms with van der Waals surface area (Å²) >= 11 is 1.54. The van der Waals surface area contributed by atoms with Crippen molar-refractivity contribution in [3.63, 3.8) is 0 Å². The molecule has 1 fully saturated rings. The van der Waals surface area contributed by atoms with Crippen molar-refractivity contribution in [3.05, 3.63) is 74.6 Å². The van der Waals surface area contributed by atoms with Crippen LogP contribution in [0.3, 0.4) is 0 Å². The molecule has 0 spiro atoms. The molecule has 0 aliphatic carbocycles. The second-order valence-corrected chi connectivity index (χ2v) is 8.05. The fourth-order valence-electron chi connectivity index (χ4n) is 4.31. The van der Waals surface area contributed by atoms with E-state index in [4.69, 9.17) is 0 Å².